The molecule has 3 aromatic carbocycles. The summed E-state index contributed by atoms with van der Waals surface area (Å²) in [6.07, 6.45) is -0.0191. The van der Waals surface area contributed by atoms with E-state index in [4.69, 9.17) is 5.73 Å². The predicted molar refractivity (Wildman–Crippen MR) is 472 cm³/mol. The van der Waals surface area contributed by atoms with Crippen LogP contribution in [0.3, 0.4) is 0 Å². The maximum atomic E-state index is 15.8. The minimum atomic E-state index is -1.98. The zero-order chi connectivity index (χ0) is 96.4. The molecule has 5 aromatic rings. The third-order valence-corrected chi connectivity index (χ3v) is 24.2. The molecule has 3 aliphatic heterocycles. The number of hydrogen-bond acceptors (Lipinski definition) is 24. The molecule has 43 nitrogen and oxygen atoms in total. The number of H-pyrrole nitrogens is 1. The second-order valence-electron chi connectivity index (χ2n) is 33.3. The Morgan fingerprint density at radius 1 is 0.550 bits per heavy atom. The molecule has 0 bridgehead atoms. The molecule has 5 heterocycles. The lowest BCUT2D eigenvalue weighted by molar-refractivity contribution is -0.149. The number of primary amides is 1. The number of aromatic amines is 1. The number of aliphatic carboxylic acids is 2. The number of carboxylic acid groups (broad SMARTS) is 2. The Hall–Kier alpha value is -12.8. The minimum Gasteiger partial charge on any atom is -0.508 e. The van der Waals surface area contributed by atoms with Gasteiger partial charge in [-0.25, -0.2) is 0 Å². The van der Waals surface area contributed by atoms with E-state index in [0.717, 1.165) is 31.5 Å². The van der Waals surface area contributed by atoms with Crippen LogP contribution >= 0.6 is 11.8 Å². The van der Waals surface area contributed by atoms with Crippen LogP contribution in [0.15, 0.2) is 85.2 Å². The fraction of sp³-hybridized carbons (Fsp3) is 0.540. The molecule has 0 spiro atoms. The number of phenols is 1. The molecule has 15 atom stereocenters. The number of carboxylic acids is 2. The van der Waals surface area contributed by atoms with E-state index in [1.165, 1.54) is 56.0 Å². The van der Waals surface area contributed by atoms with Gasteiger partial charge in [-0.15, -0.1) is 11.8 Å². The number of nitrogens with zero attached hydrogens (tertiary/aromatic N) is 6. The van der Waals surface area contributed by atoms with E-state index in [0.29, 0.717) is 63.1 Å². The van der Waals surface area contributed by atoms with Crippen molar-refractivity contribution >= 4 is 140 Å². The SMILES string of the molecule is CCCC[C@H]1C(=O)N(C)[C@@H](CCCC)C(=O)N[C@@H](CO)C(=O)N[C@H](C(=O)NCC(N)=O)CSCC(=O)N[C@@H](Cc2ccc(O)cc2)C(=O)N(C)[C@@H](C)C(=O)N[C@@H](CC(=O)O)C(=O)N2CCC[C@H]2C(=O)N[C@@H](CO)C(=O)N[C@@H](CC(C)C)C(=O)N2C[C@H](O)C[C@H]2C(=O)N[C@@H](Cc2c[nH]c3ccccc23)C(=O)N[C@@H](CO)C(=O)N[C@@H](Cc2cn(CC(=O)O)c3ccccc23)C(=O)N1C. The van der Waals surface area contributed by atoms with Gasteiger partial charge < -0.3 is 129 Å². The molecule has 20 N–H and O–H groups in total. The van der Waals surface area contributed by atoms with Gasteiger partial charge in [0, 0.05) is 99.9 Å². The van der Waals surface area contributed by atoms with E-state index in [-0.39, 0.29) is 70.1 Å². The predicted octanol–water partition coefficient (Wildman–Crippen LogP) is -4.02. The van der Waals surface area contributed by atoms with Crippen LogP contribution in [-0.2, 0) is 112 Å². The number of hydrogen-bond donors (Lipinski definition) is 19. The highest BCUT2D eigenvalue weighted by atomic mass is 32.2. The number of carbonyl (C=O) groups excluding carboxylic acids is 16. The number of carbonyl (C=O) groups is 18. The third-order valence-electron chi connectivity index (χ3n) is 23.2. The monoisotopic (exact) mass is 1850 g/mol. The van der Waals surface area contributed by atoms with Crippen LogP contribution in [0.1, 0.15) is 122 Å². The normalized spacial score (nSPS) is 25.2. The molecular formula is C87H120N18O25S. The number of nitrogens with one attached hydrogen (secondary N) is 11. The number of benzene rings is 3. The average Bonchev–Trinajstić information content (AvgIpc) is 1.10. The molecule has 3 fully saturated rings. The Morgan fingerprint density at radius 3 is 1.69 bits per heavy atom. The molecule has 44 heteroatoms. The number of aliphatic hydroxyl groups is 4. The van der Waals surface area contributed by atoms with Gasteiger partial charge in [-0.3, -0.25) is 86.3 Å². The summed E-state index contributed by atoms with van der Waals surface area (Å²) in [5.74, 6) is -21.3. The van der Waals surface area contributed by atoms with E-state index in [2.05, 4.69) is 58.2 Å². The first-order chi connectivity index (χ1) is 62.2. The van der Waals surface area contributed by atoms with Crippen molar-refractivity contribution in [2.24, 2.45) is 11.7 Å². The molecule has 0 saturated carbocycles. The standard InChI is InChI=1S/C87H120N18O25S/c1-9-11-21-66-80(123)97-63(43-108)79(122)99-64(75(118)90-37-70(88)111)44-131-45-71(112)91-58(31-48-25-27-51(109)28-26-48)83(126)100(6)47(5)74(117)93-60(35-72(113)114)85(128)104-29-17-24-67(104)81(124)98-62(42-107)78(121)94-57(30-46(3)4)86(129)105-39-52(110)34-69(105)82(125)92-56(32-49-36-89-55-20-15-13-18-53(49)55)76(119)96-61(41-106)77(120)95-59(84(127)102(8)68(22-12-10-2)87(130)101(66)7)33-50-38-103(40-73(115)116)65-23-16-14-19-54(50)65/h13-16,18-20,23,25-28,36,38,46-47,52,56-64,66-69,89,106-110H,9-12,17,21-22,24,29-35,37,39-45H2,1-8H3,(H2,88,111)(H,90,118)(H,91,112)(H,92,125)(H,93,117)(H,94,121)(H,95,120)(H,96,119)(H,97,123)(H,98,124)(H,99,122)(H,113,114)(H,115,116)/t47-,52+,56-,57-,58-,59-,60-,61-,62-,63-,64-,66-,67-,68-,69-/m0/s1. The van der Waals surface area contributed by atoms with Gasteiger partial charge in [0.1, 0.15) is 96.9 Å². The number of nitrogens with two attached hydrogens (primary N) is 1. The number of thioether (sulfide) groups is 1. The summed E-state index contributed by atoms with van der Waals surface area (Å²) in [7, 11) is 3.67. The second kappa shape index (κ2) is 48.7. The third kappa shape index (κ3) is 28.1. The van der Waals surface area contributed by atoms with E-state index >= 15 is 28.8 Å². The lowest BCUT2D eigenvalue weighted by Crippen LogP contribution is -2.62. The summed E-state index contributed by atoms with van der Waals surface area (Å²) in [5, 5.41) is 100. The van der Waals surface area contributed by atoms with Crippen LogP contribution in [-0.4, -0.2) is 339 Å². The molecule has 0 radical (unpaired) electrons. The van der Waals surface area contributed by atoms with Crippen LogP contribution in [0.2, 0.25) is 0 Å². The summed E-state index contributed by atoms with van der Waals surface area (Å²) in [4.78, 5) is 266. The van der Waals surface area contributed by atoms with Crippen molar-refractivity contribution in [1.82, 2.24) is 87.2 Å². The number of fused-ring (bicyclic) bond motifs is 4. The van der Waals surface area contributed by atoms with Crippen LogP contribution in [0.5, 0.6) is 5.75 Å². The number of phenolic OH excluding ortho intramolecular Hbond substituents is 1. The molecule has 8 rings (SSSR count). The summed E-state index contributed by atoms with van der Waals surface area (Å²) in [6, 6.07) is -4.82. The summed E-state index contributed by atoms with van der Waals surface area (Å²) in [6.45, 7) is 2.65. The smallest absolute Gasteiger partial charge is 0.323 e. The number of amides is 16. The van der Waals surface area contributed by atoms with Gasteiger partial charge in [0.25, 0.3) is 0 Å². The van der Waals surface area contributed by atoms with Crippen molar-refractivity contribution < 1.29 is 122 Å². The first-order valence-corrected chi connectivity index (χ1v) is 44.5. The Labute approximate surface area is 758 Å². The zero-order valence-corrected chi connectivity index (χ0v) is 75.0. The number of aliphatic hydroxyl groups excluding tert-OH is 4. The summed E-state index contributed by atoms with van der Waals surface area (Å²) in [5.41, 5.74) is 7.42. The highest BCUT2D eigenvalue weighted by Gasteiger charge is 2.47. The molecule has 3 saturated heterocycles. The lowest BCUT2D eigenvalue weighted by Gasteiger charge is -2.36. The maximum Gasteiger partial charge on any atom is 0.323 e. The number of unbranched alkanes of at least 4 members (excludes halogenated alkanes) is 2. The van der Waals surface area contributed by atoms with Gasteiger partial charge in [-0.2, -0.15) is 0 Å². The average molecular weight is 1850 g/mol. The van der Waals surface area contributed by atoms with Crippen molar-refractivity contribution in [3.05, 3.63) is 102 Å². The zero-order valence-electron chi connectivity index (χ0n) is 74.2. The molecule has 714 valence electrons. The molecule has 131 heavy (non-hydrogen) atoms. The molecule has 2 aromatic heterocycles. The number of aromatic nitrogens is 2. The van der Waals surface area contributed by atoms with Crippen molar-refractivity contribution in [2.45, 2.75) is 222 Å². The molecule has 0 aliphatic carbocycles. The van der Waals surface area contributed by atoms with Crippen molar-refractivity contribution in [3.63, 3.8) is 0 Å². The van der Waals surface area contributed by atoms with Gasteiger partial charge in [-0.05, 0) is 85.9 Å². The summed E-state index contributed by atoms with van der Waals surface area (Å²) >= 11 is 0.694. The number of rotatable bonds is 24. The van der Waals surface area contributed by atoms with E-state index in [1.54, 1.807) is 82.4 Å². The Morgan fingerprint density at radius 2 is 1.08 bits per heavy atom. The highest BCUT2D eigenvalue weighted by molar-refractivity contribution is 8.00. The fourth-order valence-electron chi connectivity index (χ4n) is 16.0. The van der Waals surface area contributed by atoms with Gasteiger partial charge in [0.05, 0.1) is 44.6 Å². The van der Waals surface area contributed by atoms with Gasteiger partial charge in [0.15, 0.2) is 0 Å². The van der Waals surface area contributed by atoms with Gasteiger partial charge in [0.2, 0.25) is 94.5 Å². The molecule has 0 unspecified atom stereocenters. The first kappa shape index (κ1) is 104. The Kier molecular flexibility index (Phi) is 38.5. The molecular weight excluding hydrogens is 1730 g/mol. The van der Waals surface area contributed by atoms with Crippen molar-refractivity contribution in [1.29, 1.82) is 0 Å². The Balaban J connectivity index is 1.19. The quantitative estimate of drug-likeness (QED) is 0.0280. The number of likely N-dealkylation sites (N-methyl/N-ethyl adjacent to an activating group) is 3. The van der Waals surface area contributed by atoms with Crippen LogP contribution in [0.4, 0.5) is 0 Å². The fourth-order valence-corrected chi connectivity index (χ4v) is 16.8. The molecule has 16 amide bonds. The van der Waals surface area contributed by atoms with E-state index in [9.17, 15) is 93.3 Å². The maximum absolute atomic E-state index is 15.8. The number of para-hydroxylation sites is 2. The lowest BCUT2D eigenvalue weighted by atomic mass is 10.00. The Bertz CT molecular complexity index is 4970. The topological polar surface area (TPSA) is 632 Å². The van der Waals surface area contributed by atoms with Crippen LogP contribution in [0, 0.1) is 5.92 Å². The minimum absolute atomic E-state index is 0.0899. The van der Waals surface area contributed by atoms with Crippen LogP contribution < -0.4 is 58.9 Å². The summed E-state index contributed by atoms with van der Waals surface area (Å²) < 4.78 is 1.39. The van der Waals surface area contributed by atoms with Crippen molar-refractivity contribution in [2.75, 3.05) is 72.1 Å². The van der Waals surface area contributed by atoms with E-state index < -0.39 is 273 Å². The first-order valence-electron chi connectivity index (χ1n) is 43.3. The van der Waals surface area contributed by atoms with Gasteiger partial charge in [-0.1, -0.05) is 102 Å². The van der Waals surface area contributed by atoms with Gasteiger partial charge >= 0.3 is 11.9 Å². The molecule has 3 aliphatic rings. The van der Waals surface area contributed by atoms with E-state index in [1.807, 2.05) is 0 Å². The van der Waals surface area contributed by atoms with Crippen molar-refractivity contribution in [3.8, 4) is 5.75 Å². The van der Waals surface area contributed by atoms with Crippen LogP contribution in [0.25, 0.3) is 21.8 Å². The second-order valence-corrected chi connectivity index (χ2v) is 34.4. The highest BCUT2D eigenvalue weighted by Crippen LogP contribution is 2.29. The number of aromatic hydroxyl groups is 1. The largest absolute Gasteiger partial charge is 0.508 e.